The molecule has 0 radical (unpaired) electrons. The van der Waals surface area contributed by atoms with Gasteiger partial charge in [-0.25, -0.2) is 0 Å². The lowest BCUT2D eigenvalue weighted by Gasteiger charge is -2.19. The number of rotatable bonds is 0. The Kier molecular flexibility index (Phi) is 2.58. The first kappa shape index (κ1) is 11.3. The summed E-state index contributed by atoms with van der Waals surface area (Å²) in [4.78, 5) is 12.0. The van der Waals surface area contributed by atoms with Gasteiger partial charge in [0.05, 0.1) is 16.8 Å². The molecule has 16 heavy (non-hydrogen) atoms. The van der Waals surface area contributed by atoms with Crippen LogP contribution in [-0.2, 0) is 4.79 Å². The van der Waals surface area contributed by atoms with E-state index in [1.807, 2.05) is 32.9 Å². The summed E-state index contributed by atoms with van der Waals surface area (Å²) in [5.41, 5.74) is 2.28. The van der Waals surface area contributed by atoms with E-state index in [2.05, 4.69) is 10.6 Å². The lowest BCUT2D eigenvalue weighted by atomic mass is 9.93. The van der Waals surface area contributed by atoms with E-state index in [4.69, 9.17) is 11.6 Å². The van der Waals surface area contributed by atoms with Gasteiger partial charge >= 0.3 is 0 Å². The van der Waals surface area contributed by atoms with E-state index in [1.54, 1.807) is 0 Å². The molecule has 86 valence electrons. The summed E-state index contributed by atoms with van der Waals surface area (Å²) in [6.07, 6.45) is 0. The SMILES string of the molecule is Cc1cc(Cl)cc2c1NC(=O)C(C)(C)CN2. The van der Waals surface area contributed by atoms with E-state index in [0.29, 0.717) is 11.6 Å². The monoisotopic (exact) mass is 238 g/mol. The third-order valence-electron chi connectivity index (χ3n) is 2.87. The molecular weight excluding hydrogens is 224 g/mol. The molecule has 0 saturated heterocycles. The number of nitrogens with one attached hydrogen (secondary N) is 2. The van der Waals surface area contributed by atoms with Crippen molar-refractivity contribution < 1.29 is 4.79 Å². The molecule has 1 aromatic rings. The van der Waals surface area contributed by atoms with Crippen LogP contribution < -0.4 is 10.6 Å². The first-order chi connectivity index (χ1) is 7.40. The van der Waals surface area contributed by atoms with Crippen LogP contribution >= 0.6 is 11.6 Å². The van der Waals surface area contributed by atoms with E-state index in [-0.39, 0.29) is 5.91 Å². The average molecular weight is 239 g/mol. The van der Waals surface area contributed by atoms with Crippen molar-refractivity contribution in [3.05, 3.63) is 22.7 Å². The predicted octanol–water partition coefficient (Wildman–Crippen LogP) is 3.04. The number of carbonyl (C=O) groups excluding carboxylic acids is 1. The van der Waals surface area contributed by atoms with E-state index in [0.717, 1.165) is 16.9 Å². The van der Waals surface area contributed by atoms with Crippen molar-refractivity contribution in [3.8, 4) is 0 Å². The molecule has 1 aliphatic heterocycles. The van der Waals surface area contributed by atoms with Crippen LogP contribution in [-0.4, -0.2) is 12.5 Å². The number of hydrogen-bond acceptors (Lipinski definition) is 2. The fraction of sp³-hybridized carbons (Fsp3) is 0.417. The molecule has 0 bridgehead atoms. The van der Waals surface area contributed by atoms with Crippen molar-refractivity contribution in [2.45, 2.75) is 20.8 Å². The predicted molar refractivity (Wildman–Crippen MR) is 67.1 cm³/mol. The lowest BCUT2D eigenvalue weighted by molar-refractivity contribution is -0.123. The standard InChI is InChI=1S/C12H15ClN2O/c1-7-4-8(13)5-9-10(7)15-11(16)12(2,3)6-14-9/h4-5,14H,6H2,1-3H3,(H,15,16). The summed E-state index contributed by atoms with van der Waals surface area (Å²) in [6, 6.07) is 3.69. The summed E-state index contributed by atoms with van der Waals surface area (Å²) in [5.74, 6) is 0.0316. The maximum Gasteiger partial charge on any atom is 0.231 e. The highest BCUT2D eigenvalue weighted by Crippen LogP contribution is 2.34. The van der Waals surface area contributed by atoms with E-state index in [9.17, 15) is 4.79 Å². The largest absolute Gasteiger partial charge is 0.382 e. The molecule has 2 rings (SSSR count). The molecule has 1 amide bonds. The molecule has 1 heterocycles. The van der Waals surface area contributed by atoms with Gasteiger partial charge in [-0.05, 0) is 38.5 Å². The number of anilines is 2. The topological polar surface area (TPSA) is 41.1 Å². The summed E-state index contributed by atoms with van der Waals surface area (Å²) in [6.45, 7) is 6.37. The molecule has 1 aromatic carbocycles. The summed E-state index contributed by atoms with van der Waals surface area (Å²) in [7, 11) is 0. The highest BCUT2D eigenvalue weighted by atomic mass is 35.5. The molecule has 3 nitrogen and oxygen atoms in total. The summed E-state index contributed by atoms with van der Waals surface area (Å²) < 4.78 is 0. The van der Waals surface area contributed by atoms with E-state index in [1.165, 1.54) is 0 Å². The Balaban J connectivity index is 2.49. The molecule has 2 N–H and O–H groups in total. The number of halogens is 1. The third-order valence-corrected chi connectivity index (χ3v) is 3.09. The maximum atomic E-state index is 12.0. The van der Waals surface area contributed by atoms with Crippen LogP contribution in [0.1, 0.15) is 19.4 Å². The van der Waals surface area contributed by atoms with Gasteiger partial charge in [0.2, 0.25) is 5.91 Å². The molecule has 0 aliphatic carbocycles. The molecule has 0 saturated carbocycles. The Morgan fingerprint density at radius 2 is 2.06 bits per heavy atom. The Labute approximate surface area is 100 Å². The van der Waals surface area contributed by atoms with Crippen molar-refractivity contribution in [1.29, 1.82) is 0 Å². The quantitative estimate of drug-likeness (QED) is 0.730. The summed E-state index contributed by atoms with van der Waals surface area (Å²) >= 11 is 5.99. The van der Waals surface area contributed by atoms with Gasteiger partial charge in [0.15, 0.2) is 0 Å². The smallest absolute Gasteiger partial charge is 0.231 e. The Bertz CT molecular complexity index is 455. The van der Waals surface area contributed by atoms with Crippen LogP contribution in [0, 0.1) is 12.3 Å². The zero-order valence-electron chi connectivity index (χ0n) is 9.65. The van der Waals surface area contributed by atoms with E-state index >= 15 is 0 Å². The Morgan fingerprint density at radius 3 is 2.75 bits per heavy atom. The number of amides is 1. The van der Waals surface area contributed by atoms with Crippen LogP contribution in [0.15, 0.2) is 12.1 Å². The van der Waals surface area contributed by atoms with Crippen molar-refractivity contribution in [2.75, 3.05) is 17.2 Å². The molecule has 0 unspecified atom stereocenters. The van der Waals surface area contributed by atoms with Crippen LogP contribution in [0.5, 0.6) is 0 Å². The van der Waals surface area contributed by atoms with Gasteiger partial charge in [0, 0.05) is 11.6 Å². The number of benzene rings is 1. The number of hydrogen-bond donors (Lipinski definition) is 2. The minimum Gasteiger partial charge on any atom is -0.382 e. The highest BCUT2D eigenvalue weighted by Gasteiger charge is 2.31. The molecule has 1 aliphatic rings. The van der Waals surface area contributed by atoms with Gasteiger partial charge in [0.1, 0.15) is 0 Å². The third kappa shape index (κ3) is 1.87. The number of carbonyl (C=O) groups is 1. The van der Waals surface area contributed by atoms with Gasteiger partial charge < -0.3 is 10.6 Å². The maximum absolute atomic E-state index is 12.0. The van der Waals surface area contributed by atoms with Crippen LogP contribution in [0.4, 0.5) is 11.4 Å². The second kappa shape index (κ2) is 3.67. The first-order valence-electron chi connectivity index (χ1n) is 5.25. The second-order valence-electron chi connectivity index (χ2n) is 4.84. The molecule has 0 fully saturated rings. The van der Waals surface area contributed by atoms with Crippen molar-refractivity contribution in [1.82, 2.24) is 0 Å². The number of aryl methyl sites for hydroxylation is 1. The molecule has 0 aromatic heterocycles. The zero-order valence-corrected chi connectivity index (χ0v) is 10.4. The van der Waals surface area contributed by atoms with Gasteiger partial charge in [-0.3, -0.25) is 4.79 Å². The minimum absolute atomic E-state index is 0.0316. The highest BCUT2D eigenvalue weighted by molar-refractivity contribution is 6.31. The Morgan fingerprint density at radius 1 is 1.38 bits per heavy atom. The van der Waals surface area contributed by atoms with Gasteiger partial charge in [-0.15, -0.1) is 0 Å². The van der Waals surface area contributed by atoms with Crippen LogP contribution in [0.3, 0.4) is 0 Å². The fourth-order valence-electron chi connectivity index (χ4n) is 1.73. The molecule has 4 heteroatoms. The zero-order chi connectivity index (χ0) is 11.9. The van der Waals surface area contributed by atoms with Crippen molar-refractivity contribution >= 4 is 28.9 Å². The van der Waals surface area contributed by atoms with Gasteiger partial charge in [-0.1, -0.05) is 11.6 Å². The first-order valence-corrected chi connectivity index (χ1v) is 5.63. The fourth-order valence-corrected chi connectivity index (χ4v) is 2.00. The number of fused-ring (bicyclic) bond motifs is 1. The van der Waals surface area contributed by atoms with Gasteiger partial charge in [-0.2, -0.15) is 0 Å². The second-order valence-corrected chi connectivity index (χ2v) is 5.27. The van der Waals surface area contributed by atoms with Gasteiger partial charge in [0.25, 0.3) is 0 Å². The van der Waals surface area contributed by atoms with Crippen LogP contribution in [0.2, 0.25) is 5.02 Å². The minimum atomic E-state index is -0.419. The summed E-state index contributed by atoms with van der Waals surface area (Å²) in [5, 5.41) is 6.89. The molecule has 0 atom stereocenters. The molecule has 0 spiro atoms. The lowest BCUT2D eigenvalue weighted by Crippen LogP contribution is -2.34. The van der Waals surface area contributed by atoms with E-state index < -0.39 is 5.41 Å². The molecular formula is C12H15ClN2O. The van der Waals surface area contributed by atoms with Crippen molar-refractivity contribution in [3.63, 3.8) is 0 Å². The Hall–Kier alpha value is -1.22. The average Bonchev–Trinajstić information content (AvgIpc) is 2.28. The normalized spacial score (nSPS) is 18.1. The van der Waals surface area contributed by atoms with Crippen LogP contribution in [0.25, 0.3) is 0 Å². The van der Waals surface area contributed by atoms with Crippen molar-refractivity contribution in [2.24, 2.45) is 5.41 Å².